The van der Waals surface area contributed by atoms with Gasteiger partial charge in [0.15, 0.2) is 11.5 Å². The molecule has 0 saturated heterocycles. The highest BCUT2D eigenvalue weighted by Gasteiger charge is 2.11. The first kappa shape index (κ1) is 14.4. The van der Waals surface area contributed by atoms with E-state index in [0.717, 1.165) is 16.7 Å². The molecule has 0 spiro atoms. The van der Waals surface area contributed by atoms with Crippen LogP contribution in [-0.4, -0.2) is 19.3 Å². The van der Waals surface area contributed by atoms with Crippen molar-refractivity contribution >= 4 is 0 Å². The van der Waals surface area contributed by atoms with Gasteiger partial charge in [0.1, 0.15) is 0 Å². The summed E-state index contributed by atoms with van der Waals surface area (Å²) in [7, 11) is 3.22. The normalized spacial score (nSPS) is 12.0. The second kappa shape index (κ2) is 6.44. The zero-order valence-corrected chi connectivity index (χ0v) is 12.1. The average Bonchev–Trinajstić information content (AvgIpc) is 2.47. The number of hydrogen-bond donors (Lipinski definition) is 1. The number of rotatable bonds is 5. The van der Waals surface area contributed by atoms with Gasteiger partial charge < -0.3 is 14.6 Å². The molecule has 20 heavy (non-hydrogen) atoms. The molecule has 3 heteroatoms. The molecule has 2 rings (SSSR count). The van der Waals surface area contributed by atoms with Crippen molar-refractivity contribution in [3.8, 4) is 11.5 Å². The summed E-state index contributed by atoms with van der Waals surface area (Å²) in [5.74, 6) is 1.38. The monoisotopic (exact) mass is 272 g/mol. The number of hydrogen-bond acceptors (Lipinski definition) is 3. The minimum atomic E-state index is -0.520. The first-order chi connectivity index (χ1) is 9.63. The van der Waals surface area contributed by atoms with Crippen molar-refractivity contribution in [1.82, 2.24) is 0 Å². The van der Waals surface area contributed by atoms with Gasteiger partial charge in [0.2, 0.25) is 0 Å². The van der Waals surface area contributed by atoms with Crippen molar-refractivity contribution in [2.24, 2.45) is 0 Å². The minimum Gasteiger partial charge on any atom is -0.493 e. The molecule has 0 heterocycles. The van der Waals surface area contributed by atoms with Gasteiger partial charge in [-0.25, -0.2) is 0 Å². The van der Waals surface area contributed by atoms with Crippen molar-refractivity contribution in [3.05, 3.63) is 59.2 Å². The molecule has 2 aromatic rings. The average molecular weight is 272 g/mol. The van der Waals surface area contributed by atoms with E-state index < -0.39 is 6.10 Å². The molecule has 1 N–H and O–H groups in total. The van der Waals surface area contributed by atoms with E-state index in [1.807, 2.05) is 49.4 Å². The lowest BCUT2D eigenvalue weighted by Gasteiger charge is -2.14. The first-order valence-electron chi connectivity index (χ1n) is 6.59. The predicted molar refractivity (Wildman–Crippen MR) is 79.4 cm³/mol. The standard InChI is InChI=1S/C17H20O3/c1-12-5-4-6-14(9-12)15(18)10-13-7-8-16(19-2)17(11-13)20-3/h4-9,11,15,18H,10H2,1-3H3. The highest BCUT2D eigenvalue weighted by Crippen LogP contribution is 2.29. The van der Waals surface area contributed by atoms with Gasteiger partial charge in [0.05, 0.1) is 20.3 Å². The molecule has 0 aliphatic rings. The Kier molecular flexibility index (Phi) is 4.64. The summed E-state index contributed by atoms with van der Waals surface area (Å²) in [5, 5.41) is 10.3. The first-order valence-corrected chi connectivity index (χ1v) is 6.59. The number of aryl methyl sites for hydroxylation is 1. The zero-order valence-electron chi connectivity index (χ0n) is 12.1. The lowest BCUT2D eigenvalue weighted by molar-refractivity contribution is 0.178. The van der Waals surface area contributed by atoms with Crippen molar-refractivity contribution < 1.29 is 14.6 Å². The molecule has 0 aromatic heterocycles. The SMILES string of the molecule is COc1ccc(CC(O)c2cccc(C)c2)cc1OC. The second-order valence-electron chi connectivity index (χ2n) is 4.82. The van der Waals surface area contributed by atoms with Crippen LogP contribution in [-0.2, 0) is 6.42 Å². The molecular weight excluding hydrogens is 252 g/mol. The van der Waals surface area contributed by atoms with Gasteiger partial charge in [-0.05, 0) is 30.2 Å². The molecule has 3 nitrogen and oxygen atoms in total. The zero-order chi connectivity index (χ0) is 14.5. The number of aliphatic hydroxyl groups excluding tert-OH is 1. The van der Waals surface area contributed by atoms with Crippen LogP contribution in [0, 0.1) is 6.92 Å². The number of ether oxygens (including phenoxy) is 2. The largest absolute Gasteiger partial charge is 0.493 e. The predicted octanol–water partition coefficient (Wildman–Crippen LogP) is 3.29. The summed E-state index contributed by atoms with van der Waals surface area (Å²) in [6.07, 6.45) is 0.0251. The van der Waals surface area contributed by atoms with Crippen LogP contribution in [0.5, 0.6) is 11.5 Å². The summed E-state index contributed by atoms with van der Waals surface area (Å²) >= 11 is 0. The van der Waals surface area contributed by atoms with Crippen molar-refractivity contribution in [2.75, 3.05) is 14.2 Å². The lowest BCUT2D eigenvalue weighted by atomic mass is 10.00. The number of methoxy groups -OCH3 is 2. The van der Waals surface area contributed by atoms with Crippen LogP contribution >= 0.6 is 0 Å². The Hall–Kier alpha value is -2.00. The van der Waals surface area contributed by atoms with Gasteiger partial charge in [-0.3, -0.25) is 0 Å². The van der Waals surface area contributed by atoms with Gasteiger partial charge in [-0.15, -0.1) is 0 Å². The maximum atomic E-state index is 10.3. The topological polar surface area (TPSA) is 38.7 Å². The molecule has 0 amide bonds. The Labute approximate surface area is 119 Å². The fraction of sp³-hybridized carbons (Fsp3) is 0.294. The molecule has 0 radical (unpaired) electrons. The molecule has 1 unspecified atom stereocenters. The Morgan fingerprint density at radius 2 is 1.75 bits per heavy atom. The van der Waals surface area contributed by atoms with Gasteiger partial charge in [0.25, 0.3) is 0 Å². The summed E-state index contributed by atoms with van der Waals surface area (Å²) in [5.41, 5.74) is 3.09. The molecule has 106 valence electrons. The molecule has 2 aromatic carbocycles. The van der Waals surface area contributed by atoms with Crippen LogP contribution in [0.1, 0.15) is 22.8 Å². The van der Waals surface area contributed by atoms with Crippen molar-refractivity contribution in [1.29, 1.82) is 0 Å². The number of aliphatic hydroxyl groups is 1. The molecule has 0 bridgehead atoms. The third-order valence-electron chi connectivity index (χ3n) is 3.30. The Bertz CT molecular complexity index is 578. The number of benzene rings is 2. The van der Waals surface area contributed by atoms with Crippen LogP contribution in [0.25, 0.3) is 0 Å². The van der Waals surface area contributed by atoms with E-state index in [-0.39, 0.29) is 0 Å². The van der Waals surface area contributed by atoms with Crippen LogP contribution in [0.2, 0.25) is 0 Å². The summed E-state index contributed by atoms with van der Waals surface area (Å²) in [4.78, 5) is 0. The quantitative estimate of drug-likeness (QED) is 0.907. The minimum absolute atomic E-state index is 0.520. The van der Waals surface area contributed by atoms with E-state index in [2.05, 4.69) is 0 Å². The van der Waals surface area contributed by atoms with Crippen LogP contribution in [0.4, 0.5) is 0 Å². The van der Waals surface area contributed by atoms with E-state index in [1.165, 1.54) is 0 Å². The van der Waals surface area contributed by atoms with E-state index in [1.54, 1.807) is 14.2 Å². The Morgan fingerprint density at radius 3 is 2.40 bits per heavy atom. The Balaban J connectivity index is 2.17. The van der Waals surface area contributed by atoms with E-state index >= 15 is 0 Å². The van der Waals surface area contributed by atoms with Crippen LogP contribution in [0.15, 0.2) is 42.5 Å². The highest BCUT2D eigenvalue weighted by molar-refractivity contribution is 5.43. The maximum absolute atomic E-state index is 10.3. The summed E-state index contributed by atoms with van der Waals surface area (Å²) in [6.45, 7) is 2.02. The van der Waals surface area contributed by atoms with E-state index in [9.17, 15) is 5.11 Å². The van der Waals surface area contributed by atoms with Crippen LogP contribution < -0.4 is 9.47 Å². The fourth-order valence-electron chi connectivity index (χ4n) is 2.23. The van der Waals surface area contributed by atoms with E-state index in [0.29, 0.717) is 17.9 Å². The van der Waals surface area contributed by atoms with Gasteiger partial charge in [-0.1, -0.05) is 35.9 Å². The molecule has 1 atom stereocenters. The molecule has 0 fully saturated rings. The summed E-state index contributed by atoms with van der Waals surface area (Å²) in [6, 6.07) is 13.6. The molecule has 0 aliphatic heterocycles. The maximum Gasteiger partial charge on any atom is 0.160 e. The van der Waals surface area contributed by atoms with Gasteiger partial charge in [0, 0.05) is 6.42 Å². The fourth-order valence-corrected chi connectivity index (χ4v) is 2.23. The van der Waals surface area contributed by atoms with Crippen LogP contribution in [0.3, 0.4) is 0 Å². The smallest absolute Gasteiger partial charge is 0.160 e. The molecular formula is C17H20O3. The second-order valence-corrected chi connectivity index (χ2v) is 4.82. The Morgan fingerprint density at radius 1 is 1.00 bits per heavy atom. The molecule has 0 saturated carbocycles. The summed E-state index contributed by atoms with van der Waals surface area (Å²) < 4.78 is 10.5. The third-order valence-corrected chi connectivity index (χ3v) is 3.30. The highest BCUT2D eigenvalue weighted by atomic mass is 16.5. The lowest BCUT2D eigenvalue weighted by Crippen LogP contribution is -2.02. The third kappa shape index (κ3) is 3.31. The van der Waals surface area contributed by atoms with Crippen molar-refractivity contribution in [2.45, 2.75) is 19.4 Å². The van der Waals surface area contributed by atoms with E-state index in [4.69, 9.17) is 9.47 Å². The molecule has 0 aliphatic carbocycles. The van der Waals surface area contributed by atoms with Gasteiger partial charge in [-0.2, -0.15) is 0 Å². The van der Waals surface area contributed by atoms with Crippen molar-refractivity contribution in [3.63, 3.8) is 0 Å². The van der Waals surface area contributed by atoms with Gasteiger partial charge >= 0.3 is 0 Å².